The van der Waals surface area contributed by atoms with Crippen LogP contribution in [0, 0.1) is 5.92 Å². The third kappa shape index (κ3) is 3.69. The van der Waals surface area contributed by atoms with E-state index in [0.717, 1.165) is 25.7 Å². The quantitative estimate of drug-likeness (QED) is 0.343. The van der Waals surface area contributed by atoms with E-state index >= 15 is 0 Å². The normalized spacial score (nSPS) is 29.0. The number of hydrazone groups is 1. The second-order valence-corrected chi connectivity index (χ2v) is 3.71. The molecule has 0 aromatic heterocycles. The molecule has 74 valence electrons. The average Bonchev–Trinajstić information content (AvgIpc) is 2.08. The fourth-order valence-corrected chi connectivity index (χ4v) is 1.56. The molecule has 0 bridgehead atoms. The van der Waals surface area contributed by atoms with Gasteiger partial charge in [0.05, 0.1) is 6.10 Å². The number of aliphatic hydroxyl groups is 1. The summed E-state index contributed by atoms with van der Waals surface area (Å²) >= 11 is 4.58. The van der Waals surface area contributed by atoms with Crippen LogP contribution in [-0.4, -0.2) is 22.5 Å². The minimum atomic E-state index is -0.259. The third-order valence-corrected chi connectivity index (χ3v) is 2.31. The Morgan fingerprint density at radius 3 is 2.85 bits per heavy atom. The van der Waals surface area contributed by atoms with Gasteiger partial charge in [0.2, 0.25) is 0 Å². The van der Waals surface area contributed by atoms with Gasteiger partial charge in [0, 0.05) is 12.1 Å². The van der Waals surface area contributed by atoms with E-state index in [1.165, 1.54) is 0 Å². The van der Waals surface area contributed by atoms with Gasteiger partial charge in [-0.25, -0.2) is 0 Å². The molecule has 5 heteroatoms. The molecule has 1 saturated carbocycles. The van der Waals surface area contributed by atoms with E-state index in [2.05, 4.69) is 22.7 Å². The molecule has 4 nitrogen and oxygen atoms in total. The van der Waals surface area contributed by atoms with E-state index in [1.807, 2.05) is 0 Å². The molecule has 0 amide bonds. The highest BCUT2D eigenvalue weighted by molar-refractivity contribution is 7.80. The van der Waals surface area contributed by atoms with Crippen LogP contribution < -0.4 is 11.2 Å². The summed E-state index contributed by atoms with van der Waals surface area (Å²) in [7, 11) is 0. The van der Waals surface area contributed by atoms with Gasteiger partial charge in [0.25, 0.3) is 0 Å². The Kier molecular flexibility index (Phi) is 4.11. The first-order chi connectivity index (χ1) is 6.20. The number of aliphatic hydroxyl groups excluding tert-OH is 1. The van der Waals surface area contributed by atoms with Gasteiger partial charge in [-0.2, -0.15) is 5.10 Å². The minimum absolute atomic E-state index is 0.149. The molecular formula is C8H15N3OS. The van der Waals surface area contributed by atoms with E-state index < -0.39 is 0 Å². The summed E-state index contributed by atoms with van der Waals surface area (Å²) in [4.78, 5) is 0. The van der Waals surface area contributed by atoms with Crippen LogP contribution in [0.4, 0.5) is 0 Å². The van der Waals surface area contributed by atoms with E-state index in [0.29, 0.717) is 0 Å². The molecule has 2 atom stereocenters. The number of thiocarbonyl (C=S) groups is 1. The van der Waals surface area contributed by atoms with Crippen LogP contribution in [0.1, 0.15) is 25.7 Å². The number of nitrogens with zero attached hydrogens (tertiary/aromatic N) is 1. The van der Waals surface area contributed by atoms with Crippen molar-refractivity contribution >= 4 is 23.5 Å². The van der Waals surface area contributed by atoms with E-state index in [1.54, 1.807) is 6.21 Å². The SMILES string of the molecule is NC(=S)N/N=C\C1CCCCC1O. The molecule has 0 aromatic carbocycles. The van der Waals surface area contributed by atoms with E-state index in [4.69, 9.17) is 5.73 Å². The van der Waals surface area contributed by atoms with E-state index in [-0.39, 0.29) is 17.1 Å². The van der Waals surface area contributed by atoms with Gasteiger partial charge in [-0.05, 0) is 25.1 Å². The van der Waals surface area contributed by atoms with Crippen molar-refractivity contribution in [3.8, 4) is 0 Å². The fraction of sp³-hybridized carbons (Fsp3) is 0.750. The molecule has 4 N–H and O–H groups in total. The highest BCUT2D eigenvalue weighted by Crippen LogP contribution is 2.22. The largest absolute Gasteiger partial charge is 0.392 e. The molecule has 1 aliphatic rings. The Balaban J connectivity index is 2.33. The predicted octanol–water partition coefficient (Wildman–Crippen LogP) is 0.356. The lowest BCUT2D eigenvalue weighted by Gasteiger charge is -2.23. The molecular weight excluding hydrogens is 186 g/mol. The van der Waals surface area contributed by atoms with Crippen molar-refractivity contribution in [3.63, 3.8) is 0 Å². The van der Waals surface area contributed by atoms with Gasteiger partial charge in [0.1, 0.15) is 0 Å². The van der Waals surface area contributed by atoms with Gasteiger partial charge in [0.15, 0.2) is 5.11 Å². The lowest BCUT2D eigenvalue weighted by atomic mass is 9.87. The zero-order chi connectivity index (χ0) is 9.68. The summed E-state index contributed by atoms with van der Waals surface area (Å²) in [6, 6.07) is 0. The van der Waals surface area contributed by atoms with Gasteiger partial charge in [-0.1, -0.05) is 12.8 Å². The number of hydrogen-bond donors (Lipinski definition) is 3. The van der Waals surface area contributed by atoms with Crippen molar-refractivity contribution in [2.24, 2.45) is 16.8 Å². The number of hydrogen-bond acceptors (Lipinski definition) is 3. The first kappa shape index (κ1) is 10.4. The van der Waals surface area contributed by atoms with Crippen LogP contribution in [0.3, 0.4) is 0 Å². The summed E-state index contributed by atoms with van der Waals surface area (Å²) in [5, 5.41) is 13.5. The summed E-state index contributed by atoms with van der Waals surface area (Å²) in [5.41, 5.74) is 7.67. The Bertz CT molecular complexity index is 208. The fourth-order valence-electron chi connectivity index (χ4n) is 1.51. The number of rotatable bonds is 2. The first-order valence-electron chi connectivity index (χ1n) is 4.47. The average molecular weight is 201 g/mol. The number of nitrogens with one attached hydrogen (secondary N) is 1. The molecule has 2 unspecified atom stereocenters. The van der Waals surface area contributed by atoms with Crippen LogP contribution in [0.25, 0.3) is 0 Å². The maximum absolute atomic E-state index is 9.55. The van der Waals surface area contributed by atoms with Gasteiger partial charge >= 0.3 is 0 Å². The molecule has 0 spiro atoms. The van der Waals surface area contributed by atoms with Gasteiger partial charge in [-0.15, -0.1) is 0 Å². The second-order valence-electron chi connectivity index (χ2n) is 3.27. The molecule has 0 radical (unpaired) electrons. The van der Waals surface area contributed by atoms with Crippen molar-refractivity contribution in [1.29, 1.82) is 0 Å². The topological polar surface area (TPSA) is 70.6 Å². The standard InChI is InChI=1S/C8H15N3OS/c9-8(13)11-10-5-6-3-1-2-4-7(6)12/h5-7,12H,1-4H2,(H3,9,11,13)/b10-5-. The Hall–Kier alpha value is -0.680. The van der Waals surface area contributed by atoms with Crippen LogP contribution in [0.5, 0.6) is 0 Å². The van der Waals surface area contributed by atoms with Crippen LogP contribution >= 0.6 is 12.2 Å². The van der Waals surface area contributed by atoms with E-state index in [9.17, 15) is 5.11 Å². The molecule has 13 heavy (non-hydrogen) atoms. The summed E-state index contributed by atoms with van der Waals surface area (Å²) < 4.78 is 0. The smallest absolute Gasteiger partial charge is 0.184 e. The zero-order valence-corrected chi connectivity index (χ0v) is 8.26. The maximum atomic E-state index is 9.55. The van der Waals surface area contributed by atoms with Crippen molar-refractivity contribution < 1.29 is 5.11 Å². The molecule has 0 heterocycles. The van der Waals surface area contributed by atoms with Crippen molar-refractivity contribution in [3.05, 3.63) is 0 Å². The Labute approximate surface area is 83.2 Å². The lowest BCUT2D eigenvalue weighted by Crippen LogP contribution is -2.28. The lowest BCUT2D eigenvalue weighted by molar-refractivity contribution is 0.103. The Morgan fingerprint density at radius 2 is 2.23 bits per heavy atom. The van der Waals surface area contributed by atoms with Crippen molar-refractivity contribution in [2.75, 3.05) is 0 Å². The highest BCUT2D eigenvalue weighted by Gasteiger charge is 2.20. The molecule has 1 rings (SSSR count). The van der Waals surface area contributed by atoms with Gasteiger partial charge < -0.3 is 10.8 Å². The molecule has 0 aliphatic heterocycles. The molecule has 0 saturated heterocycles. The van der Waals surface area contributed by atoms with Gasteiger partial charge in [-0.3, -0.25) is 5.43 Å². The van der Waals surface area contributed by atoms with Crippen molar-refractivity contribution in [1.82, 2.24) is 5.43 Å². The predicted molar refractivity (Wildman–Crippen MR) is 56.4 cm³/mol. The minimum Gasteiger partial charge on any atom is -0.392 e. The molecule has 1 fully saturated rings. The first-order valence-corrected chi connectivity index (χ1v) is 4.87. The second kappa shape index (κ2) is 5.14. The summed E-state index contributed by atoms with van der Waals surface area (Å²) in [6.07, 6.45) is 5.55. The summed E-state index contributed by atoms with van der Waals surface area (Å²) in [6.45, 7) is 0. The van der Waals surface area contributed by atoms with Crippen LogP contribution in [0.15, 0.2) is 5.10 Å². The third-order valence-electron chi connectivity index (χ3n) is 2.22. The molecule has 1 aliphatic carbocycles. The Morgan fingerprint density at radius 1 is 1.54 bits per heavy atom. The monoisotopic (exact) mass is 201 g/mol. The summed E-state index contributed by atoms with van der Waals surface area (Å²) in [5.74, 6) is 0.149. The number of nitrogens with two attached hydrogens (primary N) is 1. The highest BCUT2D eigenvalue weighted by atomic mass is 32.1. The van der Waals surface area contributed by atoms with Crippen molar-refractivity contribution in [2.45, 2.75) is 31.8 Å². The zero-order valence-electron chi connectivity index (χ0n) is 7.44. The maximum Gasteiger partial charge on any atom is 0.184 e. The van der Waals surface area contributed by atoms with Crippen LogP contribution in [0.2, 0.25) is 0 Å². The van der Waals surface area contributed by atoms with Crippen LogP contribution in [-0.2, 0) is 0 Å². The molecule has 0 aromatic rings.